The molecule has 0 aliphatic heterocycles. The maximum absolute atomic E-state index is 13.4. The number of benzene rings is 2. The van der Waals surface area contributed by atoms with Gasteiger partial charge >= 0.3 is 0 Å². The number of hydrogen-bond donors (Lipinski definition) is 2. The van der Waals surface area contributed by atoms with Crippen LogP contribution in [0.5, 0.6) is 11.5 Å². The van der Waals surface area contributed by atoms with Crippen LogP contribution >= 0.6 is 0 Å². The number of halogens is 1. The molecule has 0 unspecified atom stereocenters. The molecule has 5 nitrogen and oxygen atoms in total. The van der Waals surface area contributed by atoms with Crippen LogP contribution in [0.25, 0.3) is 11.1 Å². The van der Waals surface area contributed by atoms with E-state index in [2.05, 4.69) is 10.3 Å². The maximum atomic E-state index is 13.4. The molecule has 0 saturated carbocycles. The Morgan fingerprint density at radius 2 is 1.76 bits per heavy atom. The number of para-hydroxylation sites is 1. The first-order valence-corrected chi connectivity index (χ1v) is 7.54. The van der Waals surface area contributed by atoms with Crippen LogP contribution in [0.3, 0.4) is 0 Å². The van der Waals surface area contributed by atoms with Crippen LogP contribution in [0.1, 0.15) is 0 Å². The van der Waals surface area contributed by atoms with Crippen molar-refractivity contribution in [1.82, 2.24) is 4.98 Å². The first kappa shape index (κ1) is 16.4. The van der Waals surface area contributed by atoms with Crippen molar-refractivity contribution < 1.29 is 19.0 Å². The average Bonchev–Trinajstić information content (AvgIpc) is 2.62. The minimum absolute atomic E-state index is 0.0216. The summed E-state index contributed by atoms with van der Waals surface area (Å²) in [6.45, 7) is -0.317. The lowest BCUT2D eigenvalue weighted by Crippen LogP contribution is -2.21. The molecular formula is C19H15FN2O3. The van der Waals surface area contributed by atoms with Crippen LogP contribution in [0.15, 0.2) is 66.9 Å². The topological polar surface area (TPSA) is 71.5 Å². The van der Waals surface area contributed by atoms with Crippen molar-refractivity contribution in [1.29, 1.82) is 0 Å². The first-order chi connectivity index (χ1) is 12.1. The molecular weight excluding hydrogens is 323 g/mol. The highest BCUT2D eigenvalue weighted by atomic mass is 19.1. The molecule has 2 N–H and O–H groups in total. The summed E-state index contributed by atoms with van der Waals surface area (Å²) in [6.07, 6.45) is 1.61. The van der Waals surface area contributed by atoms with E-state index in [1.54, 1.807) is 54.7 Å². The van der Waals surface area contributed by atoms with Gasteiger partial charge in [0.25, 0.3) is 5.91 Å². The molecule has 0 saturated heterocycles. The molecule has 3 aromatic rings. The summed E-state index contributed by atoms with van der Waals surface area (Å²) >= 11 is 0. The Hall–Kier alpha value is -3.41. The molecule has 1 heterocycles. The number of hydrogen-bond acceptors (Lipinski definition) is 4. The zero-order chi connectivity index (χ0) is 17.6. The fourth-order valence-electron chi connectivity index (χ4n) is 2.18. The number of amides is 1. The lowest BCUT2D eigenvalue weighted by atomic mass is 10.1. The number of aromatic nitrogens is 1. The highest BCUT2D eigenvalue weighted by Gasteiger charge is 2.07. The van der Waals surface area contributed by atoms with E-state index in [4.69, 9.17) is 4.74 Å². The van der Waals surface area contributed by atoms with E-state index in [0.29, 0.717) is 5.82 Å². The quantitative estimate of drug-likeness (QED) is 0.745. The number of anilines is 1. The molecule has 2 aromatic carbocycles. The summed E-state index contributed by atoms with van der Waals surface area (Å²) < 4.78 is 18.5. The van der Waals surface area contributed by atoms with Gasteiger partial charge in [-0.1, -0.05) is 24.3 Å². The number of ether oxygens (including phenoxy) is 1. The van der Waals surface area contributed by atoms with E-state index in [9.17, 15) is 14.3 Å². The van der Waals surface area contributed by atoms with Crippen LogP contribution in [-0.2, 0) is 4.79 Å². The third kappa shape index (κ3) is 4.32. The Kier molecular flexibility index (Phi) is 4.89. The predicted octanol–water partition coefficient (Wildman–Crippen LogP) is 3.61. The minimum atomic E-state index is -0.522. The van der Waals surface area contributed by atoms with Gasteiger partial charge < -0.3 is 15.2 Å². The number of rotatable bonds is 5. The van der Waals surface area contributed by atoms with Crippen molar-refractivity contribution >= 4 is 11.7 Å². The molecule has 0 aliphatic carbocycles. The third-order valence-corrected chi connectivity index (χ3v) is 3.43. The first-order valence-electron chi connectivity index (χ1n) is 7.54. The van der Waals surface area contributed by atoms with Gasteiger partial charge in [-0.3, -0.25) is 4.79 Å². The minimum Gasteiger partial charge on any atom is -0.508 e. The van der Waals surface area contributed by atoms with Crippen LogP contribution in [0.4, 0.5) is 10.2 Å². The smallest absolute Gasteiger partial charge is 0.263 e. The molecule has 0 spiro atoms. The van der Waals surface area contributed by atoms with Crippen molar-refractivity contribution in [3.8, 4) is 22.6 Å². The molecule has 3 rings (SSSR count). The SMILES string of the molecule is O=C(COc1ccccc1F)Nc1ccc(-c2ccc(O)cc2)cn1. The Morgan fingerprint density at radius 1 is 1.04 bits per heavy atom. The van der Waals surface area contributed by atoms with Crippen molar-refractivity contribution in [2.45, 2.75) is 0 Å². The molecule has 1 aromatic heterocycles. The van der Waals surface area contributed by atoms with E-state index in [1.807, 2.05) is 0 Å². The van der Waals surface area contributed by atoms with Gasteiger partial charge in [-0.25, -0.2) is 9.37 Å². The number of nitrogens with zero attached hydrogens (tertiary/aromatic N) is 1. The van der Waals surface area contributed by atoms with Gasteiger partial charge in [-0.2, -0.15) is 0 Å². The second-order valence-corrected chi connectivity index (χ2v) is 5.25. The van der Waals surface area contributed by atoms with Gasteiger partial charge in [0.2, 0.25) is 0 Å². The van der Waals surface area contributed by atoms with Crippen molar-refractivity contribution in [2.75, 3.05) is 11.9 Å². The largest absolute Gasteiger partial charge is 0.508 e. The molecule has 126 valence electrons. The summed E-state index contributed by atoms with van der Waals surface area (Å²) in [4.78, 5) is 16.0. The van der Waals surface area contributed by atoms with Gasteiger partial charge in [0.1, 0.15) is 11.6 Å². The fourth-order valence-corrected chi connectivity index (χ4v) is 2.18. The van der Waals surface area contributed by atoms with E-state index >= 15 is 0 Å². The Morgan fingerprint density at radius 3 is 2.44 bits per heavy atom. The van der Waals surface area contributed by atoms with Gasteiger partial charge in [-0.15, -0.1) is 0 Å². The van der Waals surface area contributed by atoms with E-state index in [0.717, 1.165) is 11.1 Å². The number of pyridine rings is 1. The molecule has 0 aliphatic rings. The van der Waals surface area contributed by atoms with E-state index in [-0.39, 0.29) is 18.1 Å². The lowest BCUT2D eigenvalue weighted by molar-refractivity contribution is -0.118. The van der Waals surface area contributed by atoms with Crippen molar-refractivity contribution in [3.63, 3.8) is 0 Å². The summed E-state index contributed by atoms with van der Waals surface area (Å²) in [5.41, 5.74) is 1.74. The molecule has 25 heavy (non-hydrogen) atoms. The van der Waals surface area contributed by atoms with Crippen LogP contribution in [0.2, 0.25) is 0 Å². The fraction of sp³-hybridized carbons (Fsp3) is 0.0526. The van der Waals surface area contributed by atoms with Crippen LogP contribution < -0.4 is 10.1 Å². The second-order valence-electron chi connectivity index (χ2n) is 5.25. The zero-order valence-electron chi connectivity index (χ0n) is 13.1. The molecule has 0 bridgehead atoms. The Bertz CT molecular complexity index is 865. The molecule has 0 radical (unpaired) electrons. The Balaban J connectivity index is 1.58. The third-order valence-electron chi connectivity index (χ3n) is 3.43. The monoisotopic (exact) mass is 338 g/mol. The summed E-state index contributed by atoms with van der Waals surface area (Å²) in [5.74, 6) is -0.381. The lowest BCUT2D eigenvalue weighted by Gasteiger charge is -2.08. The highest BCUT2D eigenvalue weighted by molar-refractivity contribution is 5.91. The van der Waals surface area contributed by atoms with Gasteiger partial charge in [0.15, 0.2) is 18.2 Å². The molecule has 0 atom stereocenters. The summed E-state index contributed by atoms with van der Waals surface area (Å²) in [6, 6.07) is 16.1. The average molecular weight is 338 g/mol. The molecule has 1 amide bonds. The number of phenolic OH excluding ortho intramolecular Hbond substituents is 1. The number of nitrogens with one attached hydrogen (secondary N) is 1. The summed E-state index contributed by atoms with van der Waals surface area (Å²) in [7, 11) is 0. The molecule has 6 heteroatoms. The highest BCUT2D eigenvalue weighted by Crippen LogP contribution is 2.22. The normalized spacial score (nSPS) is 10.3. The maximum Gasteiger partial charge on any atom is 0.263 e. The summed E-state index contributed by atoms with van der Waals surface area (Å²) in [5, 5.41) is 11.9. The van der Waals surface area contributed by atoms with E-state index < -0.39 is 11.7 Å². The molecule has 0 fully saturated rings. The zero-order valence-corrected chi connectivity index (χ0v) is 13.1. The Labute approximate surface area is 143 Å². The number of carbonyl (C=O) groups is 1. The number of phenols is 1. The second kappa shape index (κ2) is 7.44. The van der Waals surface area contributed by atoms with Gasteiger partial charge in [-0.05, 0) is 42.0 Å². The van der Waals surface area contributed by atoms with Crippen molar-refractivity contribution in [2.24, 2.45) is 0 Å². The number of aromatic hydroxyl groups is 1. The van der Waals surface area contributed by atoms with E-state index in [1.165, 1.54) is 12.1 Å². The van der Waals surface area contributed by atoms with Gasteiger partial charge in [0, 0.05) is 11.8 Å². The number of carbonyl (C=O) groups excluding carboxylic acids is 1. The van der Waals surface area contributed by atoms with Gasteiger partial charge in [0.05, 0.1) is 0 Å². The van der Waals surface area contributed by atoms with Crippen molar-refractivity contribution in [3.05, 3.63) is 72.7 Å². The van der Waals surface area contributed by atoms with Crippen LogP contribution in [-0.4, -0.2) is 22.6 Å². The van der Waals surface area contributed by atoms with Crippen LogP contribution in [0, 0.1) is 5.82 Å². The standard InChI is InChI=1S/C19H15FN2O3/c20-16-3-1-2-4-17(16)25-12-19(24)22-18-10-7-14(11-21-18)13-5-8-15(23)9-6-13/h1-11,23H,12H2,(H,21,22,24). The predicted molar refractivity (Wildman–Crippen MR) is 91.9 cm³/mol.